The quantitative estimate of drug-likeness (QED) is 0.635. The summed E-state index contributed by atoms with van der Waals surface area (Å²) < 4.78 is 14.5. The summed E-state index contributed by atoms with van der Waals surface area (Å²) in [5.74, 6) is -0.203. The lowest BCUT2D eigenvalue weighted by molar-refractivity contribution is 0.588. The van der Waals surface area contributed by atoms with E-state index in [0.29, 0.717) is 5.02 Å². The second-order valence-electron chi connectivity index (χ2n) is 5.05. The van der Waals surface area contributed by atoms with E-state index in [2.05, 4.69) is 34.8 Å². The van der Waals surface area contributed by atoms with Crippen LogP contribution < -0.4 is 5.32 Å². The van der Waals surface area contributed by atoms with Crippen LogP contribution in [-0.4, -0.2) is 6.54 Å². The molecule has 21 heavy (non-hydrogen) atoms. The normalized spacial score (nSPS) is 12.4. The highest BCUT2D eigenvalue weighted by molar-refractivity contribution is 14.1. The van der Waals surface area contributed by atoms with E-state index in [4.69, 9.17) is 11.6 Å². The van der Waals surface area contributed by atoms with E-state index in [1.807, 2.05) is 31.2 Å². The van der Waals surface area contributed by atoms with Gasteiger partial charge >= 0.3 is 0 Å². The van der Waals surface area contributed by atoms with Crippen LogP contribution in [-0.2, 0) is 0 Å². The molecule has 1 atom stereocenters. The first-order valence-electron chi connectivity index (χ1n) is 6.97. The number of rotatable bonds is 5. The predicted octanol–water partition coefficient (Wildman–Crippen LogP) is 5.48. The second kappa shape index (κ2) is 7.56. The van der Waals surface area contributed by atoms with Crippen LogP contribution in [0.15, 0.2) is 36.4 Å². The predicted molar refractivity (Wildman–Crippen MR) is 95.4 cm³/mol. The Morgan fingerprint density at radius 1 is 1.19 bits per heavy atom. The van der Waals surface area contributed by atoms with Crippen LogP contribution >= 0.6 is 34.2 Å². The third kappa shape index (κ3) is 4.18. The van der Waals surface area contributed by atoms with E-state index in [9.17, 15) is 4.39 Å². The summed E-state index contributed by atoms with van der Waals surface area (Å²) in [5.41, 5.74) is 3.16. The minimum absolute atomic E-state index is 0.0242. The molecule has 0 aliphatic heterocycles. The number of halogens is 3. The lowest BCUT2D eigenvalue weighted by Gasteiger charge is -2.23. The topological polar surface area (TPSA) is 12.0 Å². The minimum atomic E-state index is -0.203. The lowest BCUT2D eigenvalue weighted by Crippen LogP contribution is -2.24. The van der Waals surface area contributed by atoms with Crippen LogP contribution in [0.5, 0.6) is 0 Å². The molecule has 2 aromatic carbocycles. The molecule has 1 unspecified atom stereocenters. The smallest absolute Gasteiger partial charge is 0.123 e. The number of benzene rings is 2. The first-order chi connectivity index (χ1) is 10.0. The second-order valence-corrected chi connectivity index (χ2v) is 6.65. The monoisotopic (exact) mass is 417 g/mol. The van der Waals surface area contributed by atoms with Gasteiger partial charge in [0.15, 0.2) is 0 Å². The highest BCUT2D eigenvalue weighted by Gasteiger charge is 2.18. The van der Waals surface area contributed by atoms with Crippen molar-refractivity contribution in [2.24, 2.45) is 0 Å². The summed E-state index contributed by atoms with van der Waals surface area (Å²) in [6.45, 7) is 4.96. The average Bonchev–Trinajstić information content (AvgIpc) is 2.44. The largest absolute Gasteiger partial charge is 0.306 e. The highest BCUT2D eigenvalue weighted by atomic mass is 127. The summed E-state index contributed by atoms with van der Waals surface area (Å²) >= 11 is 8.47. The zero-order chi connectivity index (χ0) is 15.4. The van der Waals surface area contributed by atoms with Crippen LogP contribution in [0.2, 0.25) is 5.02 Å². The molecule has 0 aromatic heterocycles. The van der Waals surface area contributed by atoms with Crippen molar-refractivity contribution in [1.29, 1.82) is 0 Å². The standard InChI is InChI=1S/C17H18ClFIN/c1-3-8-21-17(14-6-5-13(19)9-11(14)2)15-10-12(18)4-7-16(15)20/h4-7,9-10,17,21H,3,8H2,1-2H3. The Morgan fingerprint density at radius 3 is 2.62 bits per heavy atom. The van der Waals surface area contributed by atoms with Gasteiger partial charge in [-0.2, -0.15) is 0 Å². The maximum atomic E-state index is 13.4. The third-order valence-electron chi connectivity index (χ3n) is 3.41. The molecule has 112 valence electrons. The third-order valence-corrected chi connectivity index (χ3v) is 4.63. The van der Waals surface area contributed by atoms with E-state index >= 15 is 0 Å². The first-order valence-corrected chi connectivity index (χ1v) is 8.43. The van der Waals surface area contributed by atoms with Crippen molar-refractivity contribution in [2.45, 2.75) is 26.3 Å². The molecule has 1 N–H and O–H groups in total. The molecule has 0 aliphatic rings. The van der Waals surface area contributed by atoms with Gasteiger partial charge in [-0.25, -0.2) is 4.39 Å². The Balaban J connectivity index is 2.49. The Hall–Kier alpha value is -0.650. The summed E-state index contributed by atoms with van der Waals surface area (Å²) in [4.78, 5) is 0. The fourth-order valence-electron chi connectivity index (χ4n) is 2.37. The van der Waals surface area contributed by atoms with Crippen LogP contribution in [0.4, 0.5) is 4.39 Å². The van der Waals surface area contributed by atoms with Gasteiger partial charge in [0.05, 0.1) is 6.04 Å². The molecule has 0 radical (unpaired) electrons. The Labute approximate surface area is 144 Å². The SMILES string of the molecule is CCCNC(c1ccc(F)cc1C)c1cc(Cl)ccc1I. The molecule has 0 heterocycles. The average molecular weight is 418 g/mol. The molecular weight excluding hydrogens is 400 g/mol. The van der Waals surface area contributed by atoms with Crippen LogP contribution in [0.1, 0.15) is 36.1 Å². The molecule has 0 bridgehead atoms. The van der Waals surface area contributed by atoms with E-state index < -0.39 is 0 Å². The number of hydrogen-bond acceptors (Lipinski definition) is 1. The number of aryl methyl sites for hydroxylation is 1. The van der Waals surface area contributed by atoms with E-state index in [1.54, 1.807) is 6.07 Å². The Morgan fingerprint density at radius 2 is 1.95 bits per heavy atom. The van der Waals surface area contributed by atoms with Crippen molar-refractivity contribution in [1.82, 2.24) is 5.32 Å². The first kappa shape index (κ1) is 16.7. The van der Waals surface area contributed by atoms with Crippen molar-refractivity contribution in [2.75, 3.05) is 6.54 Å². The Kier molecular flexibility index (Phi) is 6.02. The van der Waals surface area contributed by atoms with E-state index in [0.717, 1.165) is 33.2 Å². The van der Waals surface area contributed by atoms with Crippen LogP contribution in [0, 0.1) is 16.3 Å². The molecule has 0 fully saturated rings. The summed E-state index contributed by atoms with van der Waals surface area (Å²) in [5, 5.41) is 4.26. The van der Waals surface area contributed by atoms with Gasteiger partial charge < -0.3 is 5.32 Å². The maximum Gasteiger partial charge on any atom is 0.123 e. The lowest BCUT2D eigenvalue weighted by atomic mass is 9.94. The van der Waals surface area contributed by atoms with Crippen LogP contribution in [0.3, 0.4) is 0 Å². The van der Waals surface area contributed by atoms with Crippen molar-refractivity contribution < 1.29 is 4.39 Å². The van der Waals surface area contributed by atoms with E-state index in [1.165, 1.54) is 6.07 Å². The zero-order valence-electron chi connectivity index (χ0n) is 12.1. The minimum Gasteiger partial charge on any atom is -0.306 e. The summed E-state index contributed by atoms with van der Waals surface area (Å²) in [6.07, 6.45) is 1.04. The number of nitrogens with one attached hydrogen (secondary N) is 1. The Bertz CT molecular complexity index is 630. The molecule has 0 saturated heterocycles. The highest BCUT2D eigenvalue weighted by Crippen LogP contribution is 2.30. The fraction of sp³-hybridized carbons (Fsp3) is 0.294. The summed E-state index contributed by atoms with van der Waals surface area (Å²) in [7, 11) is 0. The maximum absolute atomic E-state index is 13.4. The molecule has 0 saturated carbocycles. The van der Waals surface area contributed by atoms with E-state index in [-0.39, 0.29) is 11.9 Å². The van der Waals surface area contributed by atoms with Crippen molar-refractivity contribution in [3.05, 3.63) is 67.5 Å². The van der Waals surface area contributed by atoms with Gasteiger partial charge in [-0.1, -0.05) is 24.6 Å². The van der Waals surface area contributed by atoms with Gasteiger partial charge in [0, 0.05) is 8.59 Å². The van der Waals surface area contributed by atoms with Gasteiger partial charge in [0.1, 0.15) is 5.82 Å². The van der Waals surface area contributed by atoms with Gasteiger partial charge in [-0.15, -0.1) is 0 Å². The fourth-order valence-corrected chi connectivity index (χ4v) is 3.20. The molecule has 4 heteroatoms. The van der Waals surface area contributed by atoms with Gasteiger partial charge in [0.2, 0.25) is 0 Å². The molecule has 2 aromatic rings. The van der Waals surface area contributed by atoms with Crippen LogP contribution in [0.25, 0.3) is 0 Å². The molecule has 0 amide bonds. The van der Waals surface area contributed by atoms with Gasteiger partial charge in [0.25, 0.3) is 0 Å². The molecule has 2 rings (SSSR count). The molecule has 0 aliphatic carbocycles. The van der Waals surface area contributed by atoms with Gasteiger partial charge in [-0.05, 0) is 89.5 Å². The van der Waals surface area contributed by atoms with Gasteiger partial charge in [-0.3, -0.25) is 0 Å². The molecule has 0 spiro atoms. The van der Waals surface area contributed by atoms with Crippen molar-refractivity contribution in [3.8, 4) is 0 Å². The molecular formula is C17H18ClFIN. The summed E-state index contributed by atoms with van der Waals surface area (Å²) in [6, 6.07) is 10.9. The number of hydrogen-bond donors (Lipinski definition) is 1. The van der Waals surface area contributed by atoms with Crippen molar-refractivity contribution >= 4 is 34.2 Å². The zero-order valence-corrected chi connectivity index (χ0v) is 15.0. The molecule has 1 nitrogen and oxygen atoms in total. The van der Waals surface area contributed by atoms with Crippen molar-refractivity contribution in [3.63, 3.8) is 0 Å².